The molecule has 1 aromatic carbocycles. The number of nitrogens with one attached hydrogen (secondary N) is 2. The maximum atomic E-state index is 11.6. The Hall–Kier alpha value is -2.91. The van der Waals surface area contributed by atoms with Crippen molar-refractivity contribution in [2.45, 2.75) is 44.8 Å². The summed E-state index contributed by atoms with van der Waals surface area (Å²) in [5.41, 5.74) is 6.08. The van der Waals surface area contributed by atoms with Gasteiger partial charge in [-0.15, -0.1) is 0 Å². The highest BCUT2D eigenvalue weighted by Gasteiger charge is 2.43. The maximum Gasteiger partial charge on any atom is 0.229 e. The van der Waals surface area contributed by atoms with E-state index in [9.17, 15) is 8.42 Å². The van der Waals surface area contributed by atoms with E-state index in [1.807, 2.05) is 30.3 Å². The van der Waals surface area contributed by atoms with Crippen LogP contribution < -0.4 is 14.9 Å². The Morgan fingerprint density at radius 2 is 1.85 bits per heavy atom. The van der Waals surface area contributed by atoms with Gasteiger partial charge in [0.05, 0.1) is 24.0 Å². The second kappa shape index (κ2) is 8.14. The van der Waals surface area contributed by atoms with Crippen LogP contribution in [0.5, 0.6) is 0 Å². The van der Waals surface area contributed by atoms with Crippen LogP contribution >= 0.6 is 12.2 Å². The van der Waals surface area contributed by atoms with E-state index in [0.717, 1.165) is 17.6 Å². The van der Waals surface area contributed by atoms with E-state index in [-0.39, 0.29) is 12.1 Å². The summed E-state index contributed by atoms with van der Waals surface area (Å²) >= 11 is 5.81. The highest BCUT2D eigenvalue weighted by molar-refractivity contribution is 7.92. The first-order valence-corrected chi connectivity index (χ1v) is 13.3. The van der Waals surface area contributed by atoms with Gasteiger partial charge in [-0.3, -0.25) is 9.71 Å². The molecule has 1 aliphatic heterocycles. The minimum atomic E-state index is -3.34. The lowest BCUT2D eigenvalue weighted by molar-refractivity contribution is 0.562. The number of aryl methyl sites for hydroxylation is 1. The Morgan fingerprint density at radius 3 is 2.45 bits per heavy atom. The van der Waals surface area contributed by atoms with Crippen LogP contribution in [0.3, 0.4) is 0 Å². The summed E-state index contributed by atoms with van der Waals surface area (Å²) in [7, 11) is -3.34. The van der Waals surface area contributed by atoms with E-state index in [4.69, 9.17) is 12.2 Å². The normalized spacial score (nSPS) is 20.7. The average Bonchev–Trinajstić information content (AvgIpc) is 3.47. The van der Waals surface area contributed by atoms with E-state index in [1.165, 1.54) is 29.8 Å². The van der Waals surface area contributed by atoms with Crippen LogP contribution in [-0.2, 0) is 10.0 Å². The van der Waals surface area contributed by atoms with Gasteiger partial charge in [0.2, 0.25) is 10.0 Å². The minimum Gasteiger partial charge on any atom is -0.351 e. The van der Waals surface area contributed by atoms with Gasteiger partial charge in [-0.1, -0.05) is 6.07 Å². The molecular formula is C24H27N5O2S2. The highest BCUT2D eigenvalue weighted by atomic mass is 32.2. The number of benzene rings is 1. The van der Waals surface area contributed by atoms with Crippen LogP contribution in [0.15, 0.2) is 54.7 Å². The molecule has 3 aromatic rings. The topological polar surface area (TPSA) is 79.3 Å². The van der Waals surface area contributed by atoms with Crippen molar-refractivity contribution in [3.63, 3.8) is 0 Å². The monoisotopic (exact) mass is 481 g/mol. The van der Waals surface area contributed by atoms with Crippen molar-refractivity contribution in [1.82, 2.24) is 14.9 Å². The Morgan fingerprint density at radius 1 is 1.12 bits per heavy atom. The average molecular weight is 482 g/mol. The first-order valence-electron chi connectivity index (χ1n) is 11.0. The molecule has 2 aliphatic rings. The van der Waals surface area contributed by atoms with E-state index in [2.05, 4.69) is 44.4 Å². The molecule has 0 spiro atoms. The van der Waals surface area contributed by atoms with Crippen LogP contribution in [0.25, 0.3) is 0 Å². The van der Waals surface area contributed by atoms with Gasteiger partial charge in [0.1, 0.15) is 0 Å². The van der Waals surface area contributed by atoms with Crippen molar-refractivity contribution < 1.29 is 8.42 Å². The SMILES string of the molecule is Cc1cc([C@H]2[C@@H](c3ccccn3)NC(=S)N2c2ccc(NS(C)(=O)=O)cc2)c(C)n1C1CC1. The van der Waals surface area contributed by atoms with E-state index < -0.39 is 10.0 Å². The third-order valence-electron chi connectivity index (χ3n) is 6.30. The first kappa shape index (κ1) is 21.9. The predicted molar refractivity (Wildman–Crippen MR) is 135 cm³/mol. The summed E-state index contributed by atoms with van der Waals surface area (Å²) in [4.78, 5) is 6.75. The lowest BCUT2D eigenvalue weighted by atomic mass is 9.96. The van der Waals surface area contributed by atoms with Crippen LogP contribution in [0.4, 0.5) is 11.4 Å². The van der Waals surface area contributed by atoms with Crippen molar-refractivity contribution in [2.75, 3.05) is 15.9 Å². The fraction of sp³-hybridized carbons (Fsp3) is 0.333. The third kappa shape index (κ3) is 4.22. The zero-order valence-corrected chi connectivity index (χ0v) is 20.5. The van der Waals surface area contributed by atoms with Crippen molar-refractivity contribution in [3.05, 3.63) is 77.4 Å². The number of aromatic nitrogens is 2. The first-order chi connectivity index (χ1) is 15.7. The number of anilines is 2. The molecule has 0 bridgehead atoms. The van der Waals surface area contributed by atoms with Crippen LogP contribution in [0.1, 0.15) is 53.6 Å². The van der Waals surface area contributed by atoms with Crippen molar-refractivity contribution in [3.8, 4) is 0 Å². The fourth-order valence-electron chi connectivity index (χ4n) is 4.85. The zero-order chi connectivity index (χ0) is 23.3. The number of pyridine rings is 1. The molecule has 1 saturated heterocycles. The molecule has 7 nitrogen and oxygen atoms in total. The number of sulfonamides is 1. The number of nitrogens with zero attached hydrogens (tertiary/aromatic N) is 3. The molecule has 0 radical (unpaired) electrons. The highest BCUT2D eigenvalue weighted by Crippen LogP contribution is 2.46. The molecule has 1 aliphatic carbocycles. The fourth-order valence-corrected chi connectivity index (χ4v) is 5.76. The molecule has 0 amide bonds. The Bertz CT molecular complexity index is 1300. The third-order valence-corrected chi connectivity index (χ3v) is 7.22. The molecule has 5 rings (SSSR count). The van der Waals surface area contributed by atoms with Gasteiger partial charge in [-0.25, -0.2) is 8.42 Å². The van der Waals surface area contributed by atoms with Crippen LogP contribution in [0, 0.1) is 13.8 Å². The predicted octanol–water partition coefficient (Wildman–Crippen LogP) is 4.38. The van der Waals surface area contributed by atoms with Crippen molar-refractivity contribution >= 4 is 38.7 Å². The largest absolute Gasteiger partial charge is 0.351 e. The summed E-state index contributed by atoms with van der Waals surface area (Å²) in [5.74, 6) is 0. The molecule has 0 unspecified atom stereocenters. The molecular weight excluding hydrogens is 454 g/mol. The number of hydrogen-bond acceptors (Lipinski definition) is 4. The smallest absolute Gasteiger partial charge is 0.229 e. The Balaban J connectivity index is 1.59. The van der Waals surface area contributed by atoms with E-state index in [0.29, 0.717) is 16.8 Å². The molecule has 2 atom stereocenters. The Labute approximate surface area is 199 Å². The number of thiocarbonyl (C=S) groups is 1. The second-order valence-corrected chi connectivity index (χ2v) is 11.0. The number of hydrogen-bond donors (Lipinski definition) is 2. The molecule has 2 fully saturated rings. The summed E-state index contributed by atoms with van der Waals surface area (Å²) < 4.78 is 28.2. The maximum absolute atomic E-state index is 11.6. The van der Waals surface area contributed by atoms with E-state index >= 15 is 0 Å². The van der Waals surface area contributed by atoms with Gasteiger partial charge < -0.3 is 14.8 Å². The van der Waals surface area contributed by atoms with Gasteiger partial charge >= 0.3 is 0 Å². The minimum absolute atomic E-state index is 0.0835. The lowest BCUT2D eigenvalue weighted by Crippen LogP contribution is -2.29. The Kier molecular flexibility index (Phi) is 5.41. The quantitative estimate of drug-likeness (QED) is 0.509. The van der Waals surface area contributed by atoms with E-state index in [1.54, 1.807) is 18.3 Å². The molecule has 1 saturated carbocycles. The lowest BCUT2D eigenvalue weighted by Gasteiger charge is -2.28. The van der Waals surface area contributed by atoms with Crippen molar-refractivity contribution in [2.24, 2.45) is 0 Å². The molecule has 33 heavy (non-hydrogen) atoms. The second-order valence-electron chi connectivity index (χ2n) is 8.85. The van der Waals surface area contributed by atoms with Gasteiger partial charge in [-0.05, 0) is 86.9 Å². The zero-order valence-electron chi connectivity index (χ0n) is 18.8. The standard InChI is InChI=1S/C24H27N5O2S2/c1-15-14-20(16(2)28(15)18-11-12-18)23-22(21-6-4-5-13-25-21)26-24(32)29(23)19-9-7-17(8-10-19)27-33(3,30)31/h4-10,13-14,18,22-23,27H,11-12H2,1-3H3,(H,26,32)/t22-,23+/m1/s1. The van der Waals surface area contributed by atoms with Crippen LogP contribution in [0.2, 0.25) is 0 Å². The molecule has 9 heteroatoms. The van der Waals surface area contributed by atoms with Gasteiger partial charge in [0.15, 0.2) is 5.11 Å². The van der Waals surface area contributed by atoms with Crippen LogP contribution in [-0.4, -0.2) is 29.3 Å². The molecule has 172 valence electrons. The summed E-state index contributed by atoms with van der Waals surface area (Å²) in [6, 6.07) is 15.9. The summed E-state index contributed by atoms with van der Waals surface area (Å²) in [6.45, 7) is 4.36. The van der Waals surface area contributed by atoms with Gasteiger partial charge in [0.25, 0.3) is 0 Å². The summed E-state index contributed by atoms with van der Waals surface area (Å²) in [6.07, 6.45) is 5.39. The number of rotatable bonds is 6. The summed E-state index contributed by atoms with van der Waals surface area (Å²) in [5, 5.41) is 4.12. The van der Waals surface area contributed by atoms with Crippen molar-refractivity contribution in [1.29, 1.82) is 0 Å². The van der Waals surface area contributed by atoms with Gasteiger partial charge in [0, 0.05) is 35.0 Å². The molecule has 2 N–H and O–H groups in total. The van der Waals surface area contributed by atoms with Gasteiger partial charge in [-0.2, -0.15) is 0 Å². The molecule has 3 heterocycles. The molecule has 2 aromatic heterocycles.